The monoisotopic (exact) mass is 385 g/mol. The van der Waals surface area contributed by atoms with Gasteiger partial charge in [0, 0.05) is 27.9 Å². The van der Waals surface area contributed by atoms with Crippen molar-refractivity contribution in [1.82, 2.24) is 9.78 Å². The van der Waals surface area contributed by atoms with Gasteiger partial charge in [0.05, 0.1) is 18.5 Å². The number of ether oxygens (including phenoxy) is 1. The number of nitrogens with one attached hydrogen (secondary N) is 1. The van der Waals surface area contributed by atoms with Crippen LogP contribution in [0.25, 0.3) is 16.9 Å². The zero-order valence-corrected chi connectivity index (χ0v) is 16.2. The Kier molecular flexibility index (Phi) is 4.29. The van der Waals surface area contributed by atoms with Crippen LogP contribution in [0.15, 0.2) is 90.0 Å². The zero-order valence-electron chi connectivity index (χ0n) is 15.4. The Morgan fingerprint density at radius 2 is 1.68 bits per heavy atom. The number of fused-ring (bicyclic) bond motifs is 1. The summed E-state index contributed by atoms with van der Waals surface area (Å²) in [5, 5.41) is 8.69. The number of para-hydroxylation sites is 2. The molecule has 0 amide bonds. The summed E-state index contributed by atoms with van der Waals surface area (Å²) < 4.78 is 7.27. The number of hydrogen-bond acceptors (Lipinski definition) is 4. The maximum Gasteiger partial charge on any atom is 0.118 e. The first-order chi connectivity index (χ1) is 13.8. The molecule has 0 radical (unpaired) electrons. The topological polar surface area (TPSA) is 39.1 Å². The van der Waals surface area contributed by atoms with Crippen molar-refractivity contribution in [2.75, 3.05) is 12.4 Å². The molecule has 0 saturated carbocycles. The molecule has 1 atom stereocenters. The Bertz CT molecular complexity index is 1080. The highest BCUT2D eigenvalue weighted by molar-refractivity contribution is 8.00. The lowest BCUT2D eigenvalue weighted by molar-refractivity contribution is 0.415. The van der Waals surface area contributed by atoms with Crippen LogP contribution in [0, 0.1) is 0 Å². The molecule has 0 spiro atoms. The smallest absolute Gasteiger partial charge is 0.118 e. The molecular weight excluding hydrogens is 366 g/mol. The van der Waals surface area contributed by atoms with Gasteiger partial charge in [0.2, 0.25) is 0 Å². The van der Waals surface area contributed by atoms with Gasteiger partial charge < -0.3 is 10.1 Å². The quantitative estimate of drug-likeness (QED) is 0.484. The minimum absolute atomic E-state index is 0.118. The average Bonchev–Trinajstić information content (AvgIpc) is 3.39. The highest BCUT2D eigenvalue weighted by Gasteiger charge is 2.27. The van der Waals surface area contributed by atoms with Crippen molar-refractivity contribution in [3.63, 3.8) is 0 Å². The highest BCUT2D eigenvalue weighted by Crippen LogP contribution is 2.48. The number of thioether (sulfide) groups is 1. The lowest BCUT2D eigenvalue weighted by atomic mass is 10.1. The van der Waals surface area contributed by atoms with E-state index in [1.807, 2.05) is 46.8 Å². The van der Waals surface area contributed by atoms with E-state index in [2.05, 4.69) is 60.0 Å². The molecular formula is C23H19N3OS. The van der Waals surface area contributed by atoms with E-state index in [0.29, 0.717) is 0 Å². The molecule has 0 aliphatic carbocycles. The third-order valence-electron chi connectivity index (χ3n) is 4.83. The van der Waals surface area contributed by atoms with Gasteiger partial charge in [-0.3, -0.25) is 0 Å². The molecule has 1 aliphatic heterocycles. The molecule has 3 aromatic carbocycles. The fourth-order valence-corrected chi connectivity index (χ4v) is 4.54. The van der Waals surface area contributed by atoms with E-state index in [9.17, 15) is 0 Å². The van der Waals surface area contributed by atoms with Crippen LogP contribution in [0.3, 0.4) is 0 Å². The summed E-state index contributed by atoms with van der Waals surface area (Å²) in [6.07, 6.45) is 2.13. The van der Waals surface area contributed by atoms with Crippen LogP contribution in [-0.4, -0.2) is 16.9 Å². The van der Waals surface area contributed by atoms with Gasteiger partial charge in [-0.1, -0.05) is 42.1 Å². The Labute approximate surface area is 168 Å². The molecule has 1 unspecified atom stereocenters. The SMILES string of the molecule is COc1ccc(-c2nn(-c3ccccc3)cc2C2Nc3ccccc3S2)cc1. The largest absolute Gasteiger partial charge is 0.497 e. The van der Waals surface area contributed by atoms with E-state index in [1.165, 1.54) is 10.6 Å². The van der Waals surface area contributed by atoms with Crippen LogP contribution in [0.5, 0.6) is 5.75 Å². The molecule has 138 valence electrons. The van der Waals surface area contributed by atoms with Gasteiger partial charge in [-0.2, -0.15) is 5.10 Å². The van der Waals surface area contributed by atoms with Crippen LogP contribution in [0.4, 0.5) is 5.69 Å². The minimum atomic E-state index is 0.118. The van der Waals surface area contributed by atoms with Crippen LogP contribution in [0.2, 0.25) is 0 Å². The van der Waals surface area contributed by atoms with Crippen molar-refractivity contribution in [3.8, 4) is 22.7 Å². The van der Waals surface area contributed by atoms with E-state index in [-0.39, 0.29) is 5.37 Å². The summed E-state index contributed by atoms with van der Waals surface area (Å²) in [7, 11) is 1.68. The summed E-state index contributed by atoms with van der Waals surface area (Å²) in [4.78, 5) is 1.26. The zero-order chi connectivity index (χ0) is 18.9. The first-order valence-corrected chi connectivity index (χ1v) is 10.0. The Morgan fingerprint density at radius 1 is 0.929 bits per heavy atom. The van der Waals surface area contributed by atoms with E-state index >= 15 is 0 Å². The Balaban J connectivity index is 1.59. The van der Waals surface area contributed by atoms with Gasteiger partial charge in [0.25, 0.3) is 0 Å². The van der Waals surface area contributed by atoms with Crippen molar-refractivity contribution >= 4 is 17.4 Å². The number of nitrogens with zero attached hydrogens (tertiary/aromatic N) is 2. The van der Waals surface area contributed by atoms with Crippen molar-refractivity contribution in [2.45, 2.75) is 10.3 Å². The second-order valence-corrected chi connectivity index (χ2v) is 7.73. The lowest BCUT2D eigenvalue weighted by Gasteiger charge is -2.11. The molecule has 5 rings (SSSR count). The van der Waals surface area contributed by atoms with Gasteiger partial charge in [0.1, 0.15) is 11.1 Å². The predicted octanol–water partition coefficient (Wildman–Crippen LogP) is 5.76. The Hall–Kier alpha value is -3.18. The van der Waals surface area contributed by atoms with Gasteiger partial charge in [0.15, 0.2) is 0 Å². The second kappa shape index (κ2) is 7.09. The number of rotatable bonds is 4. The summed E-state index contributed by atoms with van der Waals surface area (Å²) >= 11 is 1.83. The van der Waals surface area contributed by atoms with Crippen molar-refractivity contribution in [2.24, 2.45) is 0 Å². The fourth-order valence-electron chi connectivity index (χ4n) is 3.39. The van der Waals surface area contributed by atoms with E-state index in [0.717, 1.165) is 28.3 Å². The maximum absolute atomic E-state index is 5.31. The molecule has 5 heteroatoms. The first-order valence-electron chi connectivity index (χ1n) is 9.13. The normalized spacial score (nSPS) is 15.1. The molecule has 0 bridgehead atoms. The van der Waals surface area contributed by atoms with Gasteiger partial charge >= 0.3 is 0 Å². The number of anilines is 1. The van der Waals surface area contributed by atoms with Gasteiger partial charge in [-0.25, -0.2) is 4.68 Å². The van der Waals surface area contributed by atoms with Crippen LogP contribution in [0.1, 0.15) is 10.9 Å². The molecule has 4 aromatic rings. The van der Waals surface area contributed by atoms with Crippen LogP contribution < -0.4 is 10.1 Å². The third-order valence-corrected chi connectivity index (χ3v) is 6.05. The van der Waals surface area contributed by atoms with Crippen molar-refractivity contribution in [1.29, 1.82) is 0 Å². The average molecular weight is 385 g/mol. The number of hydrogen-bond donors (Lipinski definition) is 1. The van der Waals surface area contributed by atoms with Crippen LogP contribution >= 0.6 is 11.8 Å². The number of methoxy groups -OCH3 is 1. The lowest BCUT2D eigenvalue weighted by Crippen LogP contribution is -2.01. The first kappa shape index (κ1) is 17.0. The van der Waals surface area contributed by atoms with E-state index in [1.54, 1.807) is 7.11 Å². The van der Waals surface area contributed by atoms with Crippen LogP contribution in [-0.2, 0) is 0 Å². The highest BCUT2D eigenvalue weighted by atomic mass is 32.2. The summed E-state index contributed by atoms with van der Waals surface area (Å²) in [5.74, 6) is 0.841. The van der Waals surface area contributed by atoms with Gasteiger partial charge in [-0.15, -0.1) is 0 Å². The van der Waals surface area contributed by atoms with Crippen molar-refractivity contribution < 1.29 is 4.74 Å². The van der Waals surface area contributed by atoms with E-state index < -0.39 is 0 Å². The fraction of sp³-hybridized carbons (Fsp3) is 0.0870. The summed E-state index contributed by atoms with van der Waals surface area (Å²) in [6, 6.07) is 26.7. The molecule has 4 nitrogen and oxygen atoms in total. The van der Waals surface area contributed by atoms with E-state index in [4.69, 9.17) is 9.84 Å². The number of aromatic nitrogens is 2. The molecule has 0 fully saturated rings. The molecule has 1 N–H and O–H groups in total. The Morgan fingerprint density at radius 3 is 2.43 bits per heavy atom. The summed E-state index contributed by atoms with van der Waals surface area (Å²) in [5.41, 5.74) is 5.43. The minimum Gasteiger partial charge on any atom is -0.497 e. The van der Waals surface area contributed by atoms with Gasteiger partial charge in [-0.05, 0) is 48.5 Å². The third kappa shape index (κ3) is 3.04. The molecule has 1 aliphatic rings. The summed E-state index contributed by atoms with van der Waals surface area (Å²) in [6.45, 7) is 0. The molecule has 0 saturated heterocycles. The van der Waals surface area contributed by atoms with Crippen molar-refractivity contribution in [3.05, 3.63) is 90.6 Å². The standard InChI is InChI=1S/C23H19N3OS/c1-27-18-13-11-16(12-14-18)22-19(15-26(25-22)17-7-3-2-4-8-17)23-24-20-9-5-6-10-21(20)28-23/h2-15,23-24H,1H3. The molecule has 1 aromatic heterocycles. The molecule has 28 heavy (non-hydrogen) atoms. The predicted molar refractivity (Wildman–Crippen MR) is 114 cm³/mol. The number of benzene rings is 3. The maximum atomic E-state index is 5.31. The molecule has 2 heterocycles. The second-order valence-electron chi connectivity index (χ2n) is 6.58.